The van der Waals surface area contributed by atoms with Crippen molar-refractivity contribution in [2.45, 2.75) is 18.9 Å². The average Bonchev–Trinajstić information content (AvgIpc) is 3.48. The van der Waals surface area contributed by atoms with E-state index in [0.29, 0.717) is 29.1 Å². The van der Waals surface area contributed by atoms with Crippen molar-refractivity contribution in [3.63, 3.8) is 0 Å². The number of pyridine rings is 1. The van der Waals surface area contributed by atoms with Crippen molar-refractivity contribution < 1.29 is 13.2 Å². The first-order valence-electron chi connectivity index (χ1n) is 9.84. The molecule has 0 aliphatic rings. The summed E-state index contributed by atoms with van der Waals surface area (Å²) in [5.41, 5.74) is 3.37. The molecule has 1 unspecified atom stereocenters. The van der Waals surface area contributed by atoms with Crippen molar-refractivity contribution in [1.29, 1.82) is 0 Å². The first kappa shape index (κ1) is 19.7. The number of anilines is 1. The largest absolute Gasteiger partial charge is 0.440 e. The van der Waals surface area contributed by atoms with Gasteiger partial charge in [0.05, 0.1) is 23.5 Å². The summed E-state index contributed by atoms with van der Waals surface area (Å²) in [4.78, 5) is 8.65. The smallest absolute Gasteiger partial charge is 0.264 e. The van der Waals surface area contributed by atoms with E-state index in [1.165, 1.54) is 12.5 Å². The molecular formula is C22H17F2N7O. The highest BCUT2D eigenvalue weighted by atomic mass is 19.3. The van der Waals surface area contributed by atoms with Gasteiger partial charge in [-0.15, -0.1) is 5.10 Å². The lowest BCUT2D eigenvalue weighted by Gasteiger charge is -2.18. The highest BCUT2D eigenvalue weighted by Gasteiger charge is 2.25. The Balaban J connectivity index is 1.47. The van der Waals surface area contributed by atoms with E-state index in [0.717, 1.165) is 11.3 Å². The van der Waals surface area contributed by atoms with Gasteiger partial charge in [-0.3, -0.25) is 4.98 Å². The molecule has 0 bridgehead atoms. The molecule has 10 heteroatoms. The maximum atomic E-state index is 13.8. The highest BCUT2D eigenvalue weighted by Crippen LogP contribution is 2.30. The lowest BCUT2D eigenvalue weighted by molar-refractivity contribution is 0.123. The molecule has 2 aromatic carbocycles. The number of oxazole rings is 1. The molecule has 5 aromatic rings. The summed E-state index contributed by atoms with van der Waals surface area (Å²) in [5, 5.41) is 14.2. The molecule has 0 spiro atoms. The Morgan fingerprint density at radius 1 is 1.00 bits per heavy atom. The van der Waals surface area contributed by atoms with E-state index in [4.69, 9.17) is 4.42 Å². The minimum absolute atomic E-state index is 0.249. The van der Waals surface area contributed by atoms with Crippen LogP contribution in [0.2, 0.25) is 0 Å². The van der Waals surface area contributed by atoms with Gasteiger partial charge in [0.1, 0.15) is 17.9 Å². The molecular weight excluding hydrogens is 416 g/mol. The van der Waals surface area contributed by atoms with Crippen LogP contribution in [0.15, 0.2) is 77.6 Å². The van der Waals surface area contributed by atoms with Crippen molar-refractivity contribution in [3.8, 4) is 5.69 Å². The zero-order chi connectivity index (χ0) is 21.9. The predicted octanol–water partition coefficient (Wildman–Crippen LogP) is 4.21. The Bertz CT molecular complexity index is 1320. The summed E-state index contributed by atoms with van der Waals surface area (Å²) in [6.45, 7) is 0. The molecule has 0 radical (unpaired) electrons. The fourth-order valence-electron chi connectivity index (χ4n) is 3.50. The van der Waals surface area contributed by atoms with Crippen molar-refractivity contribution >= 4 is 16.8 Å². The van der Waals surface area contributed by atoms with Gasteiger partial charge in [-0.1, -0.05) is 30.3 Å². The molecule has 8 nitrogen and oxygen atoms in total. The van der Waals surface area contributed by atoms with Gasteiger partial charge in [-0.25, -0.2) is 18.4 Å². The van der Waals surface area contributed by atoms with E-state index in [-0.39, 0.29) is 5.69 Å². The Labute approximate surface area is 180 Å². The normalized spacial score (nSPS) is 12.3. The first-order chi connectivity index (χ1) is 15.7. The number of benzene rings is 2. The number of tetrazole rings is 1. The Morgan fingerprint density at radius 3 is 2.66 bits per heavy atom. The molecule has 0 fully saturated rings. The monoisotopic (exact) mass is 433 g/mol. The van der Waals surface area contributed by atoms with Gasteiger partial charge in [0.15, 0.2) is 11.5 Å². The summed E-state index contributed by atoms with van der Waals surface area (Å²) in [7, 11) is 0. The Kier molecular flexibility index (Phi) is 5.24. The van der Waals surface area contributed by atoms with Gasteiger partial charge in [0, 0.05) is 6.20 Å². The van der Waals surface area contributed by atoms with Crippen LogP contribution in [0, 0.1) is 0 Å². The average molecular weight is 433 g/mol. The second-order valence-electron chi connectivity index (χ2n) is 7.03. The maximum Gasteiger partial charge on any atom is 0.264 e. The minimum atomic E-state index is -2.66. The van der Waals surface area contributed by atoms with E-state index >= 15 is 0 Å². The number of aromatic nitrogens is 6. The number of rotatable bonds is 7. The number of fused-ring (bicyclic) bond motifs is 1. The quantitative estimate of drug-likeness (QED) is 0.411. The lowest BCUT2D eigenvalue weighted by atomic mass is 10.1. The molecule has 0 aliphatic heterocycles. The van der Waals surface area contributed by atoms with E-state index in [9.17, 15) is 8.78 Å². The van der Waals surface area contributed by atoms with Crippen LogP contribution in [-0.2, 0) is 6.42 Å². The standard InChI is InChI=1S/C22H17F2N7O/c23-22(24)21(15-7-3-4-11-25-15)27-16-8-5-10-18-20(16)28-19(32-18)12-14-6-1-2-9-17(14)31-13-26-29-30-31/h1-11,13,21-22,27H,12H2. The van der Waals surface area contributed by atoms with Gasteiger partial charge in [-0.05, 0) is 46.3 Å². The summed E-state index contributed by atoms with van der Waals surface area (Å²) >= 11 is 0. The molecule has 1 atom stereocenters. The van der Waals surface area contributed by atoms with Crippen LogP contribution in [0.5, 0.6) is 0 Å². The Morgan fingerprint density at radius 2 is 1.88 bits per heavy atom. The van der Waals surface area contributed by atoms with Gasteiger partial charge in [-0.2, -0.15) is 0 Å². The number of para-hydroxylation sites is 2. The maximum absolute atomic E-state index is 13.8. The zero-order valence-electron chi connectivity index (χ0n) is 16.6. The number of alkyl halides is 2. The number of hydrogen-bond donors (Lipinski definition) is 1. The van der Waals surface area contributed by atoms with Crippen molar-refractivity contribution in [3.05, 3.63) is 90.3 Å². The molecule has 0 saturated carbocycles. The fraction of sp³-hybridized carbons (Fsp3) is 0.136. The number of hydrogen-bond acceptors (Lipinski definition) is 7. The Hall–Kier alpha value is -4.21. The van der Waals surface area contributed by atoms with Crippen molar-refractivity contribution in [1.82, 2.24) is 30.2 Å². The summed E-state index contributed by atoms with van der Waals surface area (Å²) < 4.78 is 35.0. The topological polar surface area (TPSA) is 94.6 Å². The molecule has 0 saturated heterocycles. The second-order valence-corrected chi connectivity index (χ2v) is 7.03. The predicted molar refractivity (Wildman–Crippen MR) is 113 cm³/mol. The molecule has 0 aliphatic carbocycles. The van der Waals surface area contributed by atoms with Crippen LogP contribution in [-0.4, -0.2) is 36.6 Å². The number of nitrogens with zero attached hydrogens (tertiary/aromatic N) is 6. The summed E-state index contributed by atoms with van der Waals surface area (Å²) in [5.74, 6) is 0.446. The van der Waals surface area contributed by atoms with Crippen LogP contribution in [0.3, 0.4) is 0 Å². The third-order valence-electron chi connectivity index (χ3n) is 4.96. The van der Waals surface area contributed by atoms with Crippen molar-refractivity contribution in [2.24, 2.45) is 0 Å². The third kappa shape index (κ3) is 3.89. The molecule has 160 valence electrons. The zero-order valence-corrected chi connectivity index (χ0v) is 16.6. The summed E-state index contributed by atoms with van der Waals surface area (Å²) in [6.07, 6.45) is 0.718. The number of halogens is 2. The van der Waals surface area contributed by atoms with Crippen molar-refractivity contribution in [2.75, 3.05) is 5.32 Å². The van der Waals surface area contributed by atoms with Gasteiger partial charge in [0.2, 0.25) is 0 Å². The van der Waals surface area contributed by atoms with E-state index < -0.39 is 12.5 Å². The van der Waals surface area contributed by atoms with Gasteiger partial charge in [0.25, 0.3) is 6.43 Å². The van der Waals surface area contributed by atoms with Gasteiger partial charge < -0.3 is 9.73 Å². The minimum Gasteiger partial charge on any atom is -0.440 e. The molecule has 3 heterocycles. The van der Waals surface area contributed by atoms with E-state index in [2.05, 4.69) is 30.8 Å². The lowest BCUT2D eigenvalue weighted by Crippen LogP contribution is -2.20. The van der Waals surface area contributed by atoms with Crippen LogP contribution >= 0.6 is 0 Å². The molecule has 0 amide bonds. The van der Waals surface area contributed by atoms with E-state index in [1.54, 1.807) is 41.1 Å². The van der Waals surface area contributed by atoms with E-state index in [1.807, 2.05) is 24.3 Å². The second kappa shape index (κ2) is 8.50. The third-order valence-corrected chi connectivity index (χ3v) is 4.96. The summed E-state index contributed by atoms with van der Waals surface area (Å²) in [6, 6.07) is 16.4. The molecule has 32 heavy (non-hydrogen) atoms. The molecule has 3 aromatic heterocycles. The molecule has 1 N–H and O–H groups in total. The first-order valence-corrected chi connectivity index (χ1v) is 9.84. The van der Waals surface area contributed by atoms with Crippen LogP contribution in [0.25, 0.3) is 16.8 Å². The number of nitrogens with one attached hydrogen (secondary N) is 1. The van der Waals surface area contributed by atoms with Gasteiger partial charge >= 0.3 is 0 Å². The van der Waals surface area contributed by atoms with Crippen LogP contribution in [0.1, 0.15) is 23.2 Å². The molecule has 5 rings (SSSR count). The fourth-order valence-corrected chi connectivity index (χ4v) is 3.50. The highest BCUT2D eigenvalue weighted by molar-refractivity contribution is 5.87. The SMILES string of the molecule is FC(F)C(Nc1cccc2oc(Cc3ccccc3-n3cnnn3)nc12)c1ccccn1. The van der Waals surface area contributed by atoms with Crippen LogP contribution < -0.4 is 5.32 Å². The van der Waals surface area contributed by atoms with Crippen LogP contribution in [0.4, 0.5) is 14.5 Å².